The molecule has 1 aromatic heterocycles. The first-order valence-corrected chi connectivity index (χ1v) is 6.98. The number of esters is 1. The van der Waals surface area contributed by atoms with Crippen molar-refractivity contribution >= 4 is 11.7 Å². The minimum Gasteiger partial charge on any atom is -0.465 e. The number of pyridine rings is 1. The molecule has 1 heterocycles. The highest BCUT2D eigenvalue weighted by Gasteiger charge is 2.36. The number of carbonyl (C=O) groups excluding carboxylic acids is 1. The van der Waals surface area contributed by atoms with E-state index in [4.69, 9.17) is 10.5 Å². The average Bonchev–Trinajstić information content (AvgIpc) is 2.49. The van der Waals surface area contributed by atoms with Crippen molar-refractivity contribution in [1.82, 2.24) is 4.98 Å². The van der Waals surface area contributed by atoms with E-state index in [2.05, 4.69) is 4.98 Å². The summed E-state index contributed by atoms with van der Waals surface area (Å²) in [6, 6.07) is 11.2. The van der Waals surface area contributed by atoms with Gasteiger partial charge in [0.15, 0.2) is 0 Å². The van der Waals surface area contributed by atoms with E-state index in [1.807, 2.05) is 38.1 Å². The van der Waals surface area contributed by atoms with E-state index in [9.17, 15) is 4.79 Å². The Morgan fingerprint density at radius 2 is 1.81 bits per heavy atom. The summed E-state index contributed by atoms with van der Waals surface area (Å²) in [5, 5.41) is 0. The van der Waals surface area contributed by atoms with Gasteiger partial charge in [-0.1, -0.05) is 12.1 Å². The van der Waals surface area contributed by atoms with Gasteiger partial charge >= 0.3 is 5.97 Å². The van der Waals surface area contributed by atoms with Gasteiger partial charge in [-0.15, -0.1) is 0 Å². The number of anilines is 1. The number of hydrogen-bond donors (Lipinski definition) is 1. The molecule has 0 bridgehead atoms. The quantitative estimate of drug-likeness (QED) is 0.677. The van der Waals surface area contributed by atoms with Gasteiger partial charge in [0, 0.05) is 18.1 Å². The minimum atomic E-state index is -0.745. The molecule has 0 aliphatic heterocycles. The number of nitrogens with zero attached hydrogens (tertiary/aromatic N) is 1. The fourth-order valence-electron chi connectivity index (χ4n) is 2.34. The summed E-state index contributed by atoms with van der Waals surface area (Å²) in [5.74, 6) is -0.230. The number of nitrogens with two attached hydrogens (primary N) is 1. The molecule has 0 saturated carbocycles. The lowest BCUT2D eigenvalue weighted by atomic mass is 9.77. The Labute approximate surface area is 125 Å². The first kappa shape index (κ1) is 15.0. The molecule has 0 aliphatic carbocycles. The third-order valence-corrected chi connectivity index (χ3v) is 3.58. The second-order valence-corrected chi connectivity index (χ2v) is 5.21. The molecule has 21 heavy (non-hydrogen) atoms. The average molecular weight is 284 g/mol. The Hall–Kier alpha value is -2.36. The van der Waals surface area contributed by atoms with Crippen LogP contribution in [0.3, 0.4) is 0 Å². The van der Waals surface area contributed by atoms with Crippen molar-refractivity contribution in [3.05, 3.63) is 59.9 Å². The molecule has 4 nitrogen and oxygen atoms in total. The number of carbonyl (C=O) groups is 1. The molecular formula is C17H20N2O2. The fourth-order valence-corrected chi connectivity index (χ4v) is 2.34. The predicted molar refractivity (Wildman–Crippen MR) is 82.8 cm³/mol. The van der Waals surface area contributed by atoms with Gasteiger partial charge < -0.3 is 10.5 Å². The lowest BCUT2D eigenvalue weighted by Crippen LogP contribution is -2.36. The van der Waals surface area contributed by atoms with Gasteiger partial charge in [-0.05, 0) is 55.7 Å². The molecule has 0 fully saturated rings. The summed E-state index contributed by atoms with van der Waals surface area (Å²) in [6.45, 7) is 4.07. The van der Waals surface area contributed by atoms with E-state index in [0.29, 0.717) is 18.7 Å². The van der Waals surface area contributed by atoms with Gasteiger partial charge in [-0.2, -0.15) is 0 Å². The Bertz CT molecular complexity index is 596. The molecule has 2 aromatic rings. The number of ether oxygens (including phenoxy) is 1. The number of hydrogen-bond acceptors (Lipinski definition) is 4. The Morgan fingerprint density at radius 1 is 1.19 bits per heavy atom. The van der Waals surface area contributed by atoms with E-state index >= 15 is 0 Å². The summed E-state index contributed by atoms with van der Waals surface area (Å²) >= 11 is 0. The molecule has 1 unspecified atom stereocenters. The highest BCUT2D eigenvalue weighted by Crippen LogP contribution is 2.30. The molecule has 0 radical (unpaired) electrons. The Kier molecular flexibility index (Phi) is 4.58. The van der Waals surface area contributed by atoms with E-state index in [1.165, 1.54) is 0 Å². The summed E-state index contributed by atoms with van der Waals surface area (Å²) in [7, 11) is 0. The summed E-state index contributed by atoms with van der Waals surface area (Å²) < 4.78 is 5.28. The first-order chi connectivity index (χ1) is 10.1. The van der Waals surface area contributed by atoms with Crippen molar-refractivity contribution in [3.8, 4) is 0 Å². The normalized spacial score (nSPS) is 13.4. The van der Waals surface area contributed by atoms with Crippen LogP contribution in [0.4, 0.5) is 5.69 Å². The van der Waals surface area contributed by atoms with Gasteiger partial charge in [0.25, 0.3) is 0 Å². The topological polar surface area (TPSA) is 65.2 Å². The number of aromatic nitrogens is 1. The molecule has 0 saturated heterocycles. The van der Waals surface area contributed by atoms with Crippen LogP contribution < -0.4 is 5.73 Å². The van der Waals surface area contributed by atoms with E-state index < -0.39 is 5.41 Å². The fraction of sp³-hybridized carbons (Fsp3) is 0.294. The van der Waals surface area contributed by atoms with Crippen LogP contribution in [-0.2, 0) is 21.4 Å². The zero-order chi connectivity index (χ0) is 15.3. The SMILES string of the molecule is CCOC(=O)C(C)(Cc1ccncc1)c1ccc(N)cc1. The monoisotopic (exact) mass is 284 g/mol. The van der Waals surface area contributed by atoms with Crippen molar-refractivity contribution in [2.24, 2.45) is 0 Å². The van der Waals surface area contributed by atoms with Crippen LogP contribution >= 0.6 is 0 Å². The van der Waals surface area contributed by atoms with Crippen molar-refractivity contribution in [2.75, 3.05) is 12.3 Å². The summed E-state index contributed by atoms with van der Waals surface area (Å²) in [5.41, 5.74) is 7.60. The lowest BCUT2D eigenvalue weighted by Gasteiger charge is -2.28. The zero-order valence-corrected chi connectivity index (χ0v) is 12.4. The maximum atomic E-state index is 12.5. The molecule has 0 amide bonds. The van der Waals surface area contributed by atoms with Crippen molar-refractivity contribution in [2.45, 2.75) is 25.7 Å². The third kappa shape index (κ3) is 3.40. The molecule has 0 spiro atoms. The standard InChI is InChI=1S/C17H20N2O2/c1-3-21-16(20)17(2,12-13-8-10-19-11-9-13)14-4-6-15(18)7-5-14/h4-11H,3,12,18H2,1-2H3. The van der Waals surface area contributed by atoms with Crippen LogP contribution in [0.1, 0.15) is 25.0 Å². The molecule has 2 rings (SSSR count). The summed E-state index contributed by atoms with van der Waals surface area (Å²) in [4.78, 5) is 16.5. The van der Waals surface area contributed by atoms with Crippen molar-refractivity contribution < 1.29 is 9.53 Å². The highest BCUT2D eigenvalue weighted by molar-refractivity contribution is 5.83. The van der Waals surface area contributed by atoms with Gasteiger partial charge in [-0.25, -0.2) is 0 Å². The maximum Gasteiger partial charge on any atom is 0.316 e. The number of nitrogen functional groups attached to an aromatic ring is 1. The molecular weight excluding hydrogens is 264 g/mol. The van der Waals surface area contributed by atoms with Crippen LogP contribution in [0.5, 0.6) is 0 Å². The van der Waals surface area contributed by atoms with Crippen LogP contribution in [0.25, 0.3) is 0 Å². The van der Waals surface area contributed by atoms with Crippen LogP contribution in [-0.4, -0.2) is 17.6 Å². The molecule has 110 valence electrons. The van der Waals surface area contributed by atoms with Gasteiger partial charge in [0.2, 0.25) is 0 Å². The van der Waals surface area contributed by atoms with E-state index in [1.54, 1.807) is 24.5 Å². The second-order valence-electron chi connectivity index (χ2n) is 5.21. The molecule has 4 heteroatoms. The Balaban J connectivity index is 2.38. The second kappa shape index (κ2) is 6.39. The number of benzene rings is 1. The third-order valence-electron chi connectivity index (χ3n) is 3.58. The maximum absolute atomic E-state index is 12.5. The van der Waals surface area contributed by atoms with Gasteiger partial charge in [-0.3, -0.25) is 9.78 Å². The molecule has 1 atom stereocenters. The van der Waals surface area contributed by atoms with Crippen molar-refractivity contribution in [1.29, 1.82) is 0 Å². The van der Waals surface area contributed by atoms with E-state index in [-0.39, 0.29) is 5.97 Å². The van der Waals surface area contributed by atoms with Gasteiger partial charge in [0.1, 0.15) is 0 Å². The first-order valence-electron chi connectivity index (χ1n) is 6.98. The number of rotatable bonds is 5. The molecule has 1 aromatic carbocycles. The van der Waals surface area contributed by atoms with Crippen molar-refractivity contribution in [3.63, 3.8) is 0 Å². The lowest BCUT2D eigenvalue weighted by molar-refractivity contribution is -0.149. The smallest absolute Gasteiger partial charge is 0.316 e. The van der Waals surface area contributed by atoms with Crippen LogP contribution in [0.2, 0.25) is 0 Å². The molecule has 2 N–H and O–H groups in total. The Morgan fingerprint density at radius 3 is 2.38 bits per heavy atom. The van der Waals surface area contributed by atoms with Gasteiger partial charge in [0.05, 0.1) is 12.0 Å². The summed E-state index contributed by atoms with van der Waals surface area (Å²) in [6.07, 6.45) is 4.01. The van der Waals surface area contributed by atoms with Crippen LogP contribution in [0.15, 0.2) is 48.8 Å². The molecule has 0 aliphatic rings. The zero-order valence-electron chi connectivity index (χ0n) is 12.4. The largest absolute Gasteiger partial charge is 0.465 e. The highest BCUT2D eigenvalue weighted by atomic mass is 16.5. The van der Waals surface area contributed by atoms with E-state index in [0.717, 1.165) is 11.1 Å². The van der Waals surface area contributed by atoms with Crippen LogP contribution in [0, 0.1) is 0 Å². The minimum absolute atomic E-state index is 0.230. The predicted octanol–water partition coefficient (Wildman–Crippen LogP) is 2.73.